The molecule has 0 heteroatoms. The summed E-state index contributed by atoms with van der Waals surface area (Å²) in [6, 6.07) is 0. The second-order valence-electron chi connectivity index (χ2n) is 7.26. The summed E-state index contributed by atoms with van der Waals surface area (Å²) in [4.78, 5) is 0. The lowest BCUT2D eigenvalue weighted by Gasteiger charge is -2.06. The number of rotatable bonds is 16. The molecule has 132 valence electrons. The fraction of sp³-hybridized carbons (Fsp3) is 0.909. The minimum atomic E-state index is 1.23. The lowest BCUT2D eigenvalue weighted by Crippen LogP contribution is -1.86. The van der Waals surface area contributed by atoms with Crippen LogP contribution in [0.1, 0.15) is 130 Å². The molecule has 22 heavy (non-hydrogen) atoms. The van der Waals surface area contributed by atoms with Gasteiger partial charge in [-0.2, -0.15) is 0 Å². The van der Waals surface area contributed by atoms with E-state index in [1.54, 1.807) is 11.1 Å². The highest BCUT2D eigenvalue weighted by Crippen LogP contribution is 2.17. The molecule has 0 radical (unpaired) electrons. The number of allylic oxidation sites excluding steroid dienone is 2. The van der Waals surface area contributed by atoms with Crippen LogP contribution in [0.25, 0.3) is 0 Å². The highest BCUT2D eigenvalue weighted by atomic mass is 14.0. The lowest BCUT2D eigenvalue weighted by atomic mass is 10.0. The summed E-state index contributed by atoms with van der Waals surface area (Å²) in [5.74, 6) is 0. The molecular formula is C22H44. The topological polar surface area (TPSA) is 0 Å². The second kappa shape index (κ2) is 17.1. The Morgan fingerprint density at radius 3 is 1.18 bits per heavy atom. The quantitative estimate of drug-likeness (QED) is 0.198. The van der Waals surface area contributed by atoms with E-state index >= 15 is 0 Å². The summed E-state index contributed by atoms with van der Waals surface area (Å²) in [6.07, 6.45) is 22.9. The minimum Gasteiger partial charge on any atom is -0.0747 e. The summed E-state index contributed by atoms with van der Waals surface area (Å²) < 4.78 is 0. The van der Waals surface area contributed by atoms with Crippen LogP contribution in [-0.2, 0) is 0 Å². The highest BCUT2D eigenvalue weighted by Gasteiger charge is 1.97. The van der Waals surface area contributed by atoms with Crippen molar-refractivity contribution in [3.63, 3.8) is 0 Å². The molecule has 0 spiro atoms. The van der Waals surface area contributed by atoms with E-state index in [9.17, 15) is 0 Å². The van der Waals surface area contributed by atoms with Crippen LogP contribution < -0.4 is 0 Å². The molecule has 0 aliphatic heterocycles. The van der Waals surface area contributed by atoms with Crippen molar-refractivity contribution < 1.29 is 0 Å². The van der Waals surface area contributed by atoms with E-state index < -0.39 is 0 Å². The maximum absolute atomic E-state index is 2.32. The van der Waals surface area contributed by atoms with Gasteiger partial charge in [0.05, 0.1) is 0 Å². The molecule has 0 aliphatic rings. The first-order valence-electron chi connectivity index (χ1n) is 10.4. The van der Waals surface area contributed by atoms with Gasteiger partial charge < -0.3 is 0 Å². The smallest absolute Gasteiger partial charge is 0.0320 e. The molecule has 0 aromatic carbocycles. The second-order valence-corrected chi connectivity index (χ2v) is 7.26. The zero-order valence-electron chi connectivity index (χ0n) is 16.3. The van der Waals surface area contributed by atoms with Gasteiger partial charge in [-0.1, -0.05) is 108 Å². The van der Waals surface area contributed by atoms with Crippen molar-refractivity contribution in [3.8, 4) is 0 Å². The van der Waals surface area contributed by atoms with E-state index in [1.165, 1.54) is 103 Å². The standard InChI is InChI=1S/C22H44/c1-5-7-8-9-10-11-12-13-14-15-16-17-18-19-20-22(4)21(3)6-2/h5-20H2,1-4H3/b22-21+. The summed E-state index contributed by atoms with van der Waals surface area (Å²) in [5, 5.41) is 0. The first-order chi connectivity index (χ1) is 10.7. The van der Waals surface area contributed by atoms with Crippen LogP contribution >= 0.6 is 0 Å². The zero-order chi connectivity index (χ0) is 16.5. The van der Waals surface area contributed by atoms with Crippen molar-refractivity contribution in [3.05, 3.63) is 11.1 Å². The van der Waals surface area contributed by atoms with Gasteiger partial charge in [0.2, 0.25) is 0 Å². The van der Waals surface area contributed by atoms with Gasteiger partial charge in [-0.25, -0.2) is 0 Å². The van der Waals surface area contributed by atoms with Gasteiger partial charge in [0.1, 0.15) is 0 Å². The van der Waals surface area contributed by atoms with Crippen molar-refractivity contribution in [2.75, 3.05) is 0 Å². The van der Waals surface area contributed by atoms with Crippen LogP contribution in [0.5, 0.6) is 0 Å². The Morgan fingerprint density at radius 1 is 0.455 bits per heavy atom. The number of hydrogen-bond acceptors (Lipinski definition) is 0. The molecule has 0 atom stereocenters. The third-order valence-corrected chi connectivity index (χ3v) is 5.16. The normalized spacial score (nSPS) is 12.5. The molecule has 0 saturated carbocycles. The molecule has 0 fully saturated rings. The molecule has 0 amide bonds. The van der Waals surface area contributed by atoms with Crippen molar-refractivity contribution in [1.82, 2.24) is 0 Å². The van der Waals surface area contributed by atoms with E-state index in [0.717, 1.165) is 0 Å². The van der Waals surface area contributed by atoms with Crippen LogP contribution in [0.15, 0.2) is 11.1 Å². The van der Waals surface area contributed by atoms with E-state index in [1.807, 2.05) is 0 Å². The minimum absolute atomic E-state index is 1.23. The fourth-order valence-electron chi connectivity index (χ4n) is 3.10. The molecule has 0 saturated heterocycles. The molecule has 0 aromatic heterocycles. The third kappa shape index (κ3) is 14.7. The van der Waals surface area contributed by atoms with E-state index in [2.05, 4.69) is 27.7 Å². The SMILES string of the molecule is CCCCCCCCCCCCCCCC/C(C)=C(\C)CC. The third-order valence-electron chi connectivity index (χ3n) is 5.16. The summed E-state index contributed by atoms with van der Waals surface area (Å²) in [7, 11) is 0. The Morgan fingerprint density at radius 2 is 0.818 bits per heavy atom. The summed E-state index contributed by atoms with van der Waals surface area (Å²) >= 11 is 0. The molecule has 0 unspecified atom stereocenters. The van der Waals surface area contributed by atoms with Gasteiger partial charge in [-0.05, 0) is 33.1 Å². The zero-order valence-corrected chi connectivity index (χ0v) is 16.3. The Bertz CT molecular complexity index is 249. The Kier molecular flexibility index (Phi) is 16.9. The maximum atomic E-state index is 2.32. The average Bonchev–Trinajstić information content (AvgIpc) is 2.54. The summed E-state index contributed by atoms with van der Waals surface area (Å²) in [5.41, 5.74) is 3.25. The van der Waals surface area contributed by atoms with Crippen LogP contribution in [0.3, 0.4) is 0 Å². The van der Waals surface area contributed by atoms with Crippen molar-refractivity contribution in [2.24, 2.45) is 0 Å². The van der Waals surface area contributed by atoms with Gasteiger partial charge in [-0.15, -0.1) is 0 Å². The van der Waals surface area contributed by atoms with E-state index in [-0.39, 0.29) is 0 Å². The van der Waals surface area contributed by atoms with E-state index in [4.69, 9.17) is 0 Å². The Labute approximate surface area is 142 Å². The van der Waals surface area contributed by atoms with Crippen LogP contribution in [-0.4, -0.2) is 0 Å². The van der Waals surface area contributed by atoms with Gasteiger partial charge in [0.15, 0.2) is 0 Å². The van der Waals surface area contributed by atoms with Crippen molar-refractivity contribution in [1.29, 1.82) is 0 Å². The first-order valence-corrected chi connectivity index (χ1v) is 10.4. The Balaban J connectivity index is 3.15. The largest absolute Gasteiger partial charge is 0.0747 e. The predicted molar refractivity (Wildman–Crippen MR) is 104 cm³/mol. The van der Waals surface area contributed by atoms with Gasteiger partial charge in [-0.3, -0.25) is 0 Å². The van der Waals surface area contributed by atoms with Crippen molar-refractivity contribution >= 4 is 0 Å². The van der Waals surface area contributed by atoms with Crippen molar-refractivity contribution in [2.45, 2.75) is 130 Å². The lowest BCUT2D eigenvalue weighted by molar-refractivity contribution is 0.535. The van der Waals surface area contributed by atoms with Gasteiger partial charge in [0.25, 0.3) is 0 Å². The molecule has 0 N–H and O–H groups in total. The highest BCUT2D eigenvalue weighted by molar-refractivity contribution is 5.08. The molecule has 0 bridgehead atoms. The fourth-order valence-corrected chi connectivity index (χ4v) is 3.10. The molecule has 0 heterocycles. The molecule has 0 aromatic rings. The Hall–Kier alpha value is -0.260. The monoisotopic (exact) mass is 308 g/mol. The van der Waals surface area contributed by atoms with E-state index in [0.29, 0.717) is 0 Å². The maximum Gasteiger partial charge on any atom is -0.0320 e. The molecular weight excluding hydrogens is 264 g/mol. The van der Waals surface area contributed by atoms with Gasteiger partial charge in [0, 0.05) is 0 Å². The number of unbranched alkanes of at least 4 members (excludes halogenated alkanes) is 13. The van der Waals surface area contributed by atoms with Crippen LogP contribution in [0, 0.1) is 0 Å². The molecule has 0 nitrogen and oxygen atoms in total. The average molecular weight is 309 g/mol. The first kappa shape index (κ1) is 21.7. The molecule has 0 aliphatic carbocycles. The molecule has 0 rings (SSSR count). The van der Waals surface area contributed by atoms with Gasteiger partial charge >= 0.3 is 0 Å². The predicted octanol–water partition coefficient (Wildman–Crippen LogP) is 8.60. The van der Waals surface area contributed by atoms with Crippen LogP contribution in [0.4, 0.5) is 0 Å². The number of hydrogen-bond donors (Lipinski definition) is 0. The summed E-state index contributed by atoms with van der Waals surface area (Å²) in [6.45, 7) is 9.17. The van der Waals surface area contributed by atoms with Crippen LogP contribution in [0.2, 0.25) is 0 Å².